The number of carbonyl (C=O) groups is 1. The standard InChI is InChI=1S/C10H12ClNO/c1-3-9(13)12-8-6-4-5-7(2)10(8)11/h4-6H,3H2,1-2H3,(H,12,13). The highest BCUT2D eigenvalue weighted by Gasteiger charge is 2.04. The summed E-state index contributed by atoms with van der Waals surface area (Å²) in [5.74, 6) is -0.0208. The quantitative estimate of drug-likeness (QED) is 0.776. The number of nitrogens with one attached hydrogen (secondary N) is 1. The molecule has 3 heteroatoms. The topological polar surface area (TPSA) is 29.1 Å². The Labute approximate surface area is 82.9 Å². The van der Waals surface area contributed by atoms with Gasteiger partial charge in [-0.2, -0.15) is 0 Å². The van der Waals surface area contributed by atoms with Crippen LogP contribution in [0.15, 0.2) is 18.2 Å². The first-order chi connectivity index (χ1) is 6.15. The molecule has 70 valence electrons. The Morgan fingerprint density at radius 2 is 2.23 bits per heavy atom. The highest BCUT2D eigenvalue weighted by molar-refractivity contribution is 6.34. The van der Waals surface area contributed by atoms with Crippen molar-refractivity contribution >= 4 is 23.2 Å². The summed E-state index contributed by atoms with van der Waals surface area (Å²) >= 11 is 5.98. The lowest BCUT2D eigenvalue weighted by atomic mass is 10.2. The monoisotopic (exact) mass is 197 g/mol. The first-order valence-electron chi connectivity index (χ1n) is 4.20. The van der Waals surface area contributed by atoms with E-state index in [0.29, 0.717) is 17.1 Å². The van der Waals surface area contributed by atoms with E-state index in [4.69, 9.17) is 11.6 Å². The lowest BCUT2D eigenvalue weighted by Crippen LogP contribution is -2.09. The number of halogens is 1. The maximum atomic E-state index is 11.1. The molecular formula is C10H12ClNO. The van der Waals surface area contributed by atoms with Crippen molar-refractivity contribution in [3.8, 4) is 0 Å². The highest BCUT2D eigenvalue weighted by Crippen LogP contribution is 2.24. The molecule has 0 aliphatic rings. The zero-order chi connectivity index (χ0) is 9.84. The van der Waals surface area contributed by atoms with Crippen LogP contribution in [0.25, 0.3) is 0 Å². The molecule has 13 heavy (non-hydrogen) atoms. The van der Waals surface area contributed by atoms with Gasteiger partial charge in [-0.3, -0.25) is 4.79 Å². The predicted octanol–water partition coefficient (Wildman–Crippen LogP) is 3.00. The summed E-state index contributed by atoms with van der Waals surface area (Å²) < 4.78 is 0. The third-order valence-corrected chi connectivity index (χ3v) is 2.29. The molecule has 1 amide bonds. The first kappa shape index (κ1) is 10.1. The number of hydrogen-bond donors (Lipinski definition) is 1. The molecule has 0 fully saturated rings. The van der Waals surface area contributed by atoms with E-state index < -0.39 is 0 Å². The second kappa shape index (κ2) is 4.28. The van der Waals surface area contributed by atoms with Crippen LogP contribution >= 0.6 is 11.6 Å². The van der Waals surface area contributed by atoms with E-state index >= 15 is 0 Å². The van der Waals surface area contributed by atoms with Crippen LogP contribution in [-0.4, -0.2) is 5.91 Å². The van der Waals surface area contributed by atoms with E-state index in [0.717, 1.165) is 5.56 Å². The summed E-state index contributed by atoms with van der Waals surface area (Å²) in [5, 5.41) is 3.34. The average molecular weight is 198 g/mol. The van der Waals surface area contributed by atoms with Crippen LogP contribution in [0, 0.1) is 6.92 Å². The van der Waals surface area contributed by atoms with Crippen LogP contribution in [0.5, 0.6) is 0 Å². The van der Waals surface area contributed by atoms with Gasteiger partial charge in [0.25, 0.3) is 0 Å². The van der Waals surface area contributed by atoms with E-state index in [2.05, 4.69) is 5.32 Å². The molecule has 0 bridgehead atoms. The van der Waals surface area contributed by atoms with Crippen LogP contribution in [-0.2, 0) is 4.79 Å². The minimum atomic E-state index is -0.0208. The molecule has 2 nitrogen and oxygen atoms in total. The minimum absolute atomic E-state index is 0.0208. The Morgan fingerprint density at radius 1 is 1.54 bits per heavy atom. The second-order valence-electron chi connectivity index (χ2n) is 2.84. The van der Waals surface area contributed by atoms with E-state index in [1.165, 1.54) is 0 Å². The summed E-state index contributed by atoms with van der Waals surface area (Å²) in [6.45, 7) is 3.71. The number of benzene rings is 1. The van der Waals surface area contributed by atoms with E-state index in [-0.39, 0.29) is 5.91 Å². The van der Waals surface area contributed by atoms with Crippen LogP contribution in [0.2, 0.25) is 5.02 Å². The molecule has 0 saturated carbocycles. The Kier molecular flexibility index (Phi) is 3.32. The van der Waals surface area contributed by atoms with Crippen molar-refractivity contribution in [2.24, 2.45) is 0 Å². The van der Waals surface area contributed by atoms with Crippen molar-refractivity contribution in [2.75, 3.05) is 5.32 Å². The number of rotatable bonds is 2. The molecule has 0 atom stereocenters. The second-order valence-corrected chi connectivity index (χ2v) is 3.22. The molecule has 0 spiro atoms. The number of anilines is 1. The largest absolute Gasteiger partial charge is 0.325 e. The van der Waals surface area contributed by atoms with Crippen molar-refractivity contribution in [1.82, 2.24) is 0 Å². The summed E-state index contributed by atoms with van der Waals surface area (Å²) in [6.07, 6.45) is 0.463. The fourth-order valence-corrected chi connectivity index (χ4v) is 1.16. The number of amides is 1. The summed E-state index contributed by atoms with van der Waals surface area (Å²) in [4.78, 5) is 11.1. The van der Waals surface area contributed by atoms with Gasteiger partial charge in [-0.15, -0.1) is 0 Å². The van der Waals surface area contributed by atoms with Crippen molar-refractivity contribution in [3.05, 3.63) is 28.8 Å². The third kappa shape index (κ3) is 2.46. The Balaban J connectivity index is 2.89. The molecule has 0 unspecified atom stereocenters. The first-order valence-corrected chi connectivity index (χ1v) is 4.58. The van der Waals surface area contributed by atoms with Gasteiger partial charge in [-0.1, -0.05) is 30.7 Å². The lowest BCUT2D eigenvalue weighted by molar-refractivity contribution is -0.115. The predicted molar refractivity (Wildman–Crippen MR) is 55.1 cm³/mol. The van der Waals surface area contributed by atoms with Gasteiger partial charge in [0.2, 0.25) is 5.91 Å². The van der Waals surface area contributed by atoms with Gasteiger partial charge in [-0.05, 0) is 18.6 Å². The fourth-order valence-electron chi connectivity index (χ4n) is 0.983. The molecule has 0 aliphatic heterocycles. The van der Waals surface area contributed by atoms with E-state index in [1.807, 2.05) is 19.1 Å². The molecular weight excluding hydrogens is 186 g/mol. The van der Waals surface area contributed by atoms with Gasteiger partial charge >= 0.3 is 0 Å². The number of aryl methyl sites for hydroxylation is 1. The molecule has 0 aliphatic carbocycles. The molecule has 1 aromatic rings. The minimum Gasteiger partial charge on any atom is -0.325 e. The van der Waals surface area contributed by atoms with Crippen molar-refractivity contribution in [3.63, 3.8) is 0 Å². The van der Waals surface area contributed by atoms with E-state index in [9.17, 15) is 4.79 Å². The van der Waals surface area contributed by atoms with Crippen molar-refractivity contribution in [2.45, 2.75) is 20.3 Å². The fraction of sp³-hybridized carbons (Fsp3) is 0.300. The Hall–Kier alpha value is -1.02. The van der Waals surface area contributed by atoms with Crippen LogP contribution in [0.4, 0.5) is 5.69 Å². The summed E-state index contributed by atoms with van der Waals surface area (Å²) in [5.41, 5.74) is 1.66. The Bertz CT molecular complexity index is 323. The summed E-state index contributed by atoms with van der Waals surface area (Å²) in [7, 11) is 0. The van der Waals surface area contributed by atoms with Crippen LogP contribution < -0.4 is 5.32 Å². The smallest absolute Gasteiger partial charge is 0.224 e. The Morgan fingerprint density at radius 3 is 2.85 bits per heavy atom. The molecule has 0 radical (unpaired) electrons. The zero-order valence-corrected chi connectivity index (χ0v) is 8.48. The average Bonchev–Trinajstić information content (AvgIpc) is 2.13. The molecule has 0 heterocycles. The van der Waals surface area contributed by atoms with Gasteiger partial charge in [0.1, 0.15) is 0 Å². The SMILES string of the molecule is CCC(=O)Nc1cccc(C)c1Cl. The molecule has 1 aromatic carbocycles. The normalized spacial score (nSPS) is 9.77. The van der Waals surface area contributed by atoms with E-state index in [1.54, 1.807) is 13.0 Å². The molecule has 0 saturated heterocycles. The van der Waals surface area contributed by atoms with Gasteiger partial charge in [-0.25, -0.2) is 0 Å². The van der Waals surface area contributed by atoms with Crippen LogP contribution in [0.3, 0.4) is 0 Å². The van der Waals surface area contributed by atoms with Gasteiger partial charge < -0.3 is 5.32 Å². The zero-order valence-electron chi connectivity index (χ0n) is 7.73. The molecule has 0 aromatic heterocycles. The van der Waals surface area contributed by atoms with Gasteiger partial charge in [0.15, 0.2) is 0 Å². The van der Waals surface area contributed by atoms with Crippen LogP contribution in [0.1, 0.15) is 18.9 Å². The molecule has 1 rings (SSSR count). The number of hydrogen-bond acceptors (Lipinski definition) is 1. The summed E-state index contributed by atoms with van der Waals surface area (Å²) in [6, 6.07) is 5.57. The maximum absolute atomic E-state index is 11.1. The lowest BCUT2D eigenvalue weighted by Gasteiger charge is -2.07. The maximum Gasteiger partial charge on any atom is 0.224 e. The van der Waals surface area contributed by atoms with Gasteiger partial charge in [0, 0.05) is 6.42 Å². The van der Waals surface area contributed by atoms with Crippen molar-refractivity contribution in [1.29, 1.82) is 0 Å². The number of carbonyl (C=O) groups excluding carboxylic acids is 1. The van der Waals surface area contributed by atoms with Crippen molar-refractivity contribution < 1.29 is 4.79 Å². The molecule has 1 N–H and O–H groups in total. The van der Waals surface area contributed by atoms with Gasteiger partial charge in [0.05, 0.1) is 10.7 Å². The third-order valence-electron chi connectivity index (χ3n) is 1.79. The highest BCUT2D eigenvalue weighted by atomic mass is 35.5.